The van der Waals surface area contributed by atoms with Crippen LogP contribution in [-0.4, -0.2) is 65.5 Å². The number of rotatable bonds is 7. The molecule has 0 radical (unpaired) electrons. The minimum Gasteiger partial charge on any atom is -0.455 e. The van der Waals surface area contributed by atoms with Gasteiger partial charge in [0, 0.05) is 49.6 Å². The molecule has 1 fully saturated rings. The lowest BCUT2D eigenvalue weighted by Crippen LogP contribution is -2.39. The molecule has 13 heteroatoms. The number of hydrogen-bond donors (Lipinski definition) is 2. The number of nitrogens with one attached hydrogen (secondary N) is 2. The molecule has 1 saturated heterocycles. The second-order valence-electron chi connectivity index (χ2n) is 11.4. The molecule has 10 nitrogen and oxygen atoms in total. The van der Waals surface area contributed by atoms with Gasteiger partial charge in [-0.15, -0.1) is 0 Å². The van der Waals surface area contributed by atoms with Crippen LogP contribution in [0.4, 0.5) is 10.1 Å². The van der Waals surface area contributed by atoms with E-state index in [0.29, 0.717) is 57.3 Å². The molecule has 3 aromatic carbocycles. The Morgan fingerprint density at radius 2 is 1.82 bits per heavy atom. The van der Waals surface area contributed by atoms with E-state index < -0.39 is 31.8 Å². The maximum Gasteiger partial charge on any atom is 0.258 e. The lowest BCUT2D eigenvalue weighted by Gasteiger charge is -2.33. The van der Waals surface area contributed by atoms with Crippen molar-refractivity contribution in [3.05, 3.63) is 83.2 Å². The Bertz CT molecular complexity index is 2170. The second-order valence-corrected chi connectivity index (χ2v) is 15.3. The van der Waals surface area contributed by atoms with Crippen molar-refractivity contribution in [3.63, 3.8) is 0 Å². The van der Waals surface area contributed by atoms with Gasteiger partial charge in [0.05, 0.1) is 23.0 Å². The third kappa shape index (κ3) is 5.49. The number of nitrogens with zero attached hydrogens (tertiary/aromatic N) is 2. The number of aromatic amines is 1. The standard InChI is InChI=1S/C32H33FN4O6S2/c1-19-10-12-20(13-11-19)31-29(32(38)34-2)24-16-23(26(17-27(24)43-31)36(3)44(4,39)40)22-8-6-14-37(18-22)45(41,42)28-15-21-7-5-9-25(33)30(21)35-28/h5,7,9-13,15-17,22,35H,6,8,14,18H2,1-4H3,(H,34,38)/t22-/m1/s1. The summed E-state index contributed by atoms with van der Waals surface area (Å²) in [6.07, 6.45) is 2.16. The van der Waals surface area contributed by atoms with Gasteiger partial charge in [-0.1, -0.05) is 42.0 Å². The minimum absolute atomic E-state index is 0.0499. The summed E-state index contributed by atoms with van der Waals surface area (Å²) >= 11 is 0. The quantitative estimate of drug-likeness (QED) is 0.244. The molecule has 0 unspecified atom stereocenters. The number of anilines is 1. The molecule has 3 heterocycles. The monoisotopic (exact) mass is 652 g/mol. The molecule has 1 aliphatic rings. The van der Waals surface area contributed by atoms with Crippen LogP contribution in [0.2, 0.25) is 0 Å². The molecule has 0 aliphatic carbocycles. The summed E-state index contributed by atoms with van der Waals surface area (Å²) in [5, 5.41) is 3.48. The average molecular weight is 653 g/mol. The van der Waals surface area contributed by atoms with E-state index in [1.165, 1.54) is 36.6 Å². The first-order chi connectivity index (χ1) is 21.3. The number of H-pyrrole nitrogens is 1. The predicted octanol–water partition coefficient (Wildman–Crippen LogP) is 5.35. The molecule has 1 atom stereocenters. The fraction of sp³-hybridized carbons (Fsp3) is 0.281. The molecule has 1 amide bonds. The zero-order chi connectivity index (χ0) is 32.3. The lowest BCUT2D eigenvalue weighted by atomic mass is 9.89. The molecule has 45 heavy (non-hydrogen) atoms. The maximum atomic E-state index is 14.4. The molecule has 0 saturated carbocycles. The Kier molecular flexibility index (Phi) is 7.74. The normalized spacial score (nSPS) is 16.3. The number of carbonyl (C=O) groups is 1. The summed E-state index contributed by atoms with van der Waals surface area (Å²) in [7, 11) is -4.83. The Hall–Kier alpha value is -4.20. The van der Waals surface area contributed by atoms with Gasteiger partial charge >= 0.3 is 0 Å². The van der Waals surface area contributed by atoms with E-state index in [9.17, 15) is 26.0 Å². The van der Waals surface area contributed by atoms with E-state index in [4.69, 9.17) is 4.42 Å². The average Bonchev–Trinajstić information content (AvgIpc) is 3.63. The summed E-state index contributed by atoms with van der Waals surface area (Å²) < 4.78 is 76.3. The van der Waals surface area contributed by atoms with Gasteiger partial charge in [-0.2, -0.15) is 4.31 Å². The Morgan fingerprint density at radius 3 is 2.49 bits per heavy atom. The topological polar surface area (TPSA) is 133 Å². The van der Waals surface area contributed by atoms with E-state index in [2.05, 4.69) is 10.3 Å². The number of hydrogen-bond acceptors (Lipinski definition) is 6. The number of sulfonamides is 2. The number of para-hydroxylation sites is 1. The van der Waals surface area contributed by atoms with Gasteiger partial charge in [-0.25, -0.2) is 21.2 Å². The molecular weight excluding hydrogens is 620 g/mol. The van der Waals surface area contributed by atoms with Gasteiger partial charge in [0.2, 0.25) is 10.0 Å². The van der Waals surface area contributed by atoms with Crippen molar-refractivity contribution in [2.24, 2.45) is 0 Å². The van der Waals surface area contributed by atoms with Gasteiger partial charge in [-0.05, 0) is 49.4 Å². The van der Waals surface area contributed by atoms with Crippen molar-refractivity contribution in [1.82, 2.24) is 14.6 Å². The highest BCUT2D eigenvalue weighted by atomic mass is 32.2. The first kappa shape index (κ1) is 30.8. The summed E-state index contributed by atoms with van der Waals surface area (Å²) in [5.41, 5.74) is 3.34. The number of amides is 1. The van der Waals surface area contributed by atoms with Crippen LogP contribution < -0.4 is 9.62 Å². The highest BCUT2D eigenvalue weighted by molar-refractivity contribution is 7.92. The highest BCUT2D eigenvalue weighted by Gasteiger charge is 2.35. The molecule has 0 spiro atoms. The van der Waals surface area contributed by atoms with Crippen molar-refractivity contribution >= 4 is 53.5 Å². The second kappa shape index (κ2) is 11.3. The molecular formula is C32H33FN4O6S2. The first-order valence-electron chi connectivity index (χ1n) is 14.4. The maximum absolute atomic E-state index is 14.4. The number of furan rings is 1. The molecule has 2 N–H and O–H groups in total. The number of piperidine rings is 1. The Balaban J connectivity index is 1.49. The first-order valence-corrected chi connectivity index (χ1v) is 17.7. The SMILES string of the molecule is CNC(=O)c1c(-c2ccc(C)cc2)oc2cc(N(C)S(C)(=O)=O)c([C@@H]3CCCN(S(=O)(=O)c4cc5cccc(F)c5[nH]4)C3)cc12. The number of carbonyl (C=O) groups excluding carboxylic acids is 1. The van der Waals surface area contributed by atoms with Crippen LogP contribution in [-0.2, 0) is 20.0 Å². The third-order valence-electron chi connectivity index (χ3n) is 8.46. The van der Waals surface area contributed by atoms with Gasteiger partial charge in [0.25, 0.3) is 15.9 Å². The molecule has 236 valence electrons. The van der Waals surface area contributed by atoms with Gasteiger partial charge in [0.1, 0.15) is 22.2 Å². The van der Waals surface area contributed by atoms with E-state index in [-0.39, 0.29) is 29.5 Å². The van der Waals surface area contributed by atoms with Crippen LogP contribution in [0.5, 0.6) is 0 Å². The summed E-state index contributed by atoms with van der Waals surface area (Å²) in [6.45, 7) is 2.24. The molecule has 5 aromatic rings. The summed E-state index contributed by atoms with van der Waals surface area (Å²) in [5.74, 6) is -1.01. The van der Waals surface area contributed by atoms with Crippen molar-refractivity contribution in [2.75, 3.05) is 37.7 Å². The fourth-order valence-electron chi connectivity index (χ4n) is 5.97. The fourth-order valence-corrected chi connectivity index (χ4v) is 8.02. The Morgan fingerprint density at radius 1 is 1.09 bits per heavy atom. The number of aryl methyl sites for hydroxylation is 1. The predicted molar refractivity (Wildman–Crippen MR) is 172 cm³/mol. The molecule has 2 aromatic heterocycles. The number of benzene rings is 3. The van der Waals surface area contributed by atoms with E-state index in [0.717, 1.165) is 16.1 Å². The number of fused-ring (bicyclic) bond motifs is 2. The van der Waals surface area contributed by atoms with Crippen molar-refractivity contribution < 1.29 is 30.4 Å². The van der Waals surface area contributed by atoms with Crippen molar-refractivity contribution in [2.45, 2.75) is 30.7 Å². The molecule has 6 rings (SSSR count). The van der Waals surface area contributed by atoms with E-state index in [1.807, 2.05) is 31.2 Å². The zero-order valence-electron chi connectivity index (χ0n) is 25.2. The third-order valence-corrected chi connectivity index (χ3v) is 11.4. The van der Waals surface area contributed by atoms with Crippen molar-refractivity contribution in [1.29, 1.82) is 0 Å². The number of halogens is 1. The van der Waals surface area contributed by atoms with Gasteiger partial charge in [-0.3, -0.25) is 9.10 Å². The summed E-state index contributed by atoms with van der Waals surface area (Å²) in [6, 6.07) is 16.7. The Labute approximate surface area is 260 Å². The van der Waals surface area contributed by atoms with Crippen LogP contribution in [0, 0.1) is 12.7 Å². The van der Waals surface area contributed by atoms with Crippen LogP contribution in [0.3, 0.4) is 0 Å². The minimum atomic E-state index is -4.05. The van der Waals surface area contributed by atoms with Crippen molar-refractivity contribution in [3.8, 4) is 11.3 Å². The van der Waals surface area contributed by atoms with Crippen LogP contribution in [0.1, 0.15) is 40.2 Å². The molecule has 0 bridgehead atoms. The number of aromatic nitrogens is 1. The van der Waals surface area contributed by atoms with Crippen LogP contribution in [0.25, 0.3) is 33.2 Å². The van der Waals surface area contributed by atoms with Gasteiger partial charge < -0.3 is 14.7 Å². The molecule has 1 aliphatic heterocycles. The highest BCUT2D eigenvalue weighted by Crippen LogP contribution is 2.42. The summed E-state index contributed by atoms with van der Waals surface area (Å²) in [4.78, 5) is 16.0. The van der Waals surface area contributed by atoms with Crippen LogP contribution in [0.15, 0.2) is 70.1 Å². The zero-order valence-corrected chi connectivity index (χ0v) is 26.9. The van der Waals surface area contributed by atoms with E-state index in [1.54, 1.807) is 18.2 Å². The smallest absolute Gasteiger partial charge is 0.258 e. The van der Waals surface area contributed by atoms with Gasteiger partial charge in [0.15, 0.2) is 0 Å². The van der Waals surface area contributed by atoms with Crippen LogP contribution >= 0.6 is 0 Å². The largest absolute Gasteiger partial charge is 0.455 e. The van der Waals surface area contributed by atoms with E-state index >= 15 is 0 Å². The lowest BCUT2D eigenvalue weighted by molar-refractivity contribution is 0.0964.